The molecule has 25 heavy (non-hydrogen) atoms. The summed E-state index contributed by atoms with van der Waals surface area (Å²) in [5, 5.41) is 11.0. The number of hydrogen-bond acceptors (Lipinski definition) is 4. The van der Waals surface area contributed by atoms with Gasteiger partial charge in [0.05, 0.1) is 11.2 Å². The average molecular weight is 361 g/mol. The minimum Gasteiger partial charge on any atom is -0.466 e. The van der Waals surface area contributed by atoms with E-state index in [1.807, 2.05) is 6.07 Å². The maximum absolute atomic E-state index is 12.7. The van der Waals surface area contributed by atoms with Gasteiger partial charge < -0.3 is 9.52 Å². The third kappa shape index (κ3) is 3.26. The molecule has 2 aliphatic rings. The average Bonchev–Trinajstić information content (AvgIpc) is 3.34. The summed E-state index contributed by atoms with van der Waals surface area (Å²) in [6.07, 6.45) is 7.45. The van der Waals surface area contributed by atoms with Crippen LogP contribution in [0.25, 0.3) is 0 Å². The summed E-state index contributed by atoms with van der Waals surface area (Å²) in [4.78, 5) is 0.269. The second kappa shape index (κ2) is 6.27. The predicted octanol–water partition coefficient (Wildman–Crippen LogP) is 2.73. The van der Waals surface area contributed by atoms with Crippen molar-refractivity contribution < 1.29 is 17.9 Å². The summed E-state index contributed by atoms with van der Waals surface area (Å²) >= 11 is 0. The molecule has 2 aliphatic carbocycles. The van der Waals surface area contributed by atoms with Crippen LogP contribution in [-0.4, -0.2) is 20.1 Å². The number of sulfonamides is 1. The lowest BCUT2D eigenvalue weighted by Crippen LogP contribution is -2.42. The van der Waals surface area contributed by atoms with E-state index in [1.165, 1.54) is 11.8 Å². The van der Waals surface area contributed by atoms with E-state index in [2.05, 4.69) is 4.72 Å². The van der Waals surface area contributed by atoms with Gasteiger partial charge in [-0.1, -0.05) is 6.07 Å². The molecule has 1 fully saturated rings. The van der Waals surface area contributed by atoms with Crippen LogP contribution in [0.3, 0.4) is 0 Å². The smallest absolute Gasteiger partial charge is 0.240 e. The SMILES string of the molecule is O=S(=O)(NCC(O)(c1ccco1)C1CC1)c1ccc2c(c1)CCCC2. The van der Waals surface area contributed by atoms with Crippen LogP contribution in [0.1, 0.15) is 42.6 Å². The fourth-order valence-corrected chi connectivity index (χ4v) is 4.81. The molecule has 1 aromatic heterocycles. The number of benzene rings is 1. The van der Waals surface area contributed by atoms with Crippen LogP contribution in [0.5, 0.6) is 0 Å². The first-order chi connectivity index (χ1) is 12.0. The van der Waals surface area contributed by atoms with Gasteiger partial charge in [-0.25, -0.2) is 13.1 Å². The molecule has 1 aromatic carbocycles. The number of hydrogen-bond donors (Lipinski definition) is 2. The van der Waals surface area contributed by atoms with Gasteiger partial charge in [0.2, 0.25) is 10.0 Å². The van der Waals surface area contributed by atoms with E-state index < -0.39 is 15.6 Å². The van der Waals surface area contributed by atoms with Gasteiger partial charge in [0.25, 0.3) is 0 Å². The number of rotatable bonds is 6. The summed E-state index contributed by atoms with van der Waals surface area (Å²) in [6.45, 7) is -0.0788. The second-order valence-corrected chi connectivity index (χ2v) is 8.90. The summed E-state index contributed by atoms with van der Waals surface area (Å²) in [5.74, 6) is 0.452. The Morgan fingerprint density at radius 3 is 2.60 bits per heavy atom. The zero-order valence-electron chi connectivity index (χ0n) is 14.1. The Morgan fingerprint density at radius 2 is 1.92 bits per heavy atom. The van der Waals surface area contributed by atoms with E-state index in [1.54, 1.807) is 24.3 Å². The molecule has 0 radical (unpaired) electrons. The fraction of sp³-hybridized carbons (Fsp3) is 0.474. The van der Waals surface area contributed by atoms with Crippen molar-refractivity contribution in [3.63, 3.8) is 0 Å². The highest BCUT2D eigenvalue weighted by atomic mass is 32.2. The Kier molecular flexibility index (Phi) is 4.22. The minimum absolute atomic E-state index is 0.0323. The van der Waals surface area contributed by atoms with Gasteiger partial charge >= 0.3 is 0 Å². The van der Waals surface area contributed by atoms with Crippen molar-refractivity contribution in [1.82, 2.24) is 4.72 Å². The molecule has 0 saturated heterocycles. The lowest BCUT2D eigenvalue weighted by atomic mass is 9.92. The normalized spacial score (nSPS) is 20.0. The van der Waals surface area contributed by atoms with Crippen molar-refractivity contribution in [3.05, 3.63) is 53.5 Å². The first-order valence-electron chi connectivity index (χ1n) is 8.87. The standard InChI is InChI=1S/C19H23NO4S/c21-19(16-8-9-16,18-6-3-11-24-18)13-20-25(22,23)17-10-7-14-4-1-2-5-15(14)12-17/h3,6-7,10-12,16,20-21H,1-2,4-5,8-9,13H2. The van der Waals surface area contributed by atoms with E-state index >= 15 is 0 Å². The zero-order chi connectivity index (χ0) is 17.5. The lowest BCUT2D eigenvalue weighted by molar-refractivity contribution is -0.00224. The molecule has 4 rings (SSSR count). The Balaban J connectivity index is 1.55. The van der Waals surface area contributed by atoms with E-state index in [-0.39, 0.29) is 17.4 Å². The van der Waals surface area contributed by atoms with Crippen molar-refractivity contribution in [3.8, 4) is 0 Å². The summed E-state index contributed by atoms with van der Waals surface area (Å²) in [7, 11) is -3.68. The second-order valence-electron chi connectivity index (χ2n) is 7.14. The number of aliphatic hydroxyl groups is 1. The van der Waals surface area contributed by atoms with Crippen molar-refractivity contribution in [1.29, 1.82) is 0 Å². The van der Waals surface area contributed by atoms with Gasteiger partial charge in [-0.3, -0.25) is 0 Å². The van der Waals surface area contributed by atoms with Crippen molar-refractivity contribution in [2.24, 2.45) is 5.92 Å². The molecule has 0 amide bonds. The number of fused-ring (bicyclic) bond motifs is 1. The predicted molar refractivity (Wildman–Crippen MR) is 93.6 cm³/mol. The molecule has 1 saturated carbocycles. The first-order valence-corrected chi connectivity index (χ1v) is 10.4. The minimum atomic E-state index is -3.68. The van der Waals surface area contributed by atoms with Gasteiger partial charge in [0, 0.05) is 6.54 Å². The summed E-state index contributed by atoms with van der Waals surface area (Å²) in [6, 6.07) is 8.77. The van der Waals surface area contributed by atoms with E-state index in [0.717, 1.165) is 44.1 Å². The molecule has 0 aliphatic heterocycles. The highest BCUT2D eigenvalue weighted by molar-refractivity contribution is 7.89. The fourth-order valence-electron chi connectivity index (χ4n) is 3.68. The van der Waals surface area contributed by atoms with Crippen LogP contribution in [0.4, 0.5) is 0 Å². The monoisotopic (exact) mass is 361 g/mol. The molecule has 0 spiro atoms. The molecule has 2 N–H and O–H groups in total. The first kappa shape index (κ1) is 16.8. The number of nitrogens with one attached hydrogen (secondary N) is 1. The van der Waals surface area contributed by atoms with Crippen LogP contribution in [0, 0.1) is 5.92 Å². The van der Waals surface area contributed by atoms with Gasteiger partial charge in [-0.15, -0.1) is 0 Å². The van der Waals surface area contributed by atoms with E-state index in [0.29, 0.717) is 5.76 Å². The van der Waals surface area contributed by atoms with Crippen LogP contribution >= 0.6 is 0 Å². The Bertz CT molecular complexity index is 856. The number of furan rings is 1. The maximum atomic E-state index is 12.7. The molecule has 134 valence electrons. The Labute approximate surface area is 148 Å². The largest absolute Gasteiger partial charge is 0.466 e. The van der Waals surface area contributed by atoms with Crippen LogP contribution in [0.2, 0.25) is 0 Å². The lowest BCUT2D eigenvalue weighted by Gasteiger charge is -2.26. The summed E-state index contributed by atoms with van der Waals surface area (Å²) < 4.78 is 33.4. The van der Waals surface area contributed by atoms with Crippen LogP contribution in [-0.2, 0) is 28.5 Å². The zero-order valence-corrected chi connectivity index (χ0v) is 14.9. The highest BCUT2D eigenvalue weighted by Gasteiger charge is 2.47. The molecule has 2 aromatic rings. The number of aryl methyl sites for hydroxylation is 2. The third-order valence-electron chi connectivity index (χ3n) is 5.36. The molecule has 1 unspecified atom stereocenters. The molecular weight excluding hydrogens is 338 g/mol. The molecule has 5 nitrogen and oxygen atoms in total. The van der Waals surface area contributed by atoms with Crippen LogP contribution < -0.4 is 4.72 Å². The van der Waals surface area contributed by atoms with Gasteiger partial charge in [-0.2, -0.15) is 0 Å². The molecule has 0 bridgehead atoms. The summed E-state index contributed by atoms with van der Waals surface area (Å²) in [5.41, 5.74) is 1.08. The van der Waals surface area contributed by atoms with Crippen molar-refractivity contribution in [2.75, 3.05) is 6.54 Å². The van der Waals surface area contributed by atoms with Gasteiger partial charge in [0.15, 0.2) is 0 Å². The topological polar surface area (TPSA) is 79.5 Å². The van der Waals surface area contributed by atoms with E-state index in [9.17, 15) is 13.5 Å². The Morgan fingerprint density at radius 1 is 1.16 bits per heavy atom. The molecule has 6 heteroatoms. The Hall–Kier alpha value is -1.63. The quantitative estimate of drug-likeness (QED) is 0.829. The van der Waals surface area contributed by atoms with Crippen LogP contribution in [0.15, 0.2) is 45.9 Å². The van der Waals surface area contributed by atoms with Gasteiger partial charge in [-0.05, 0) is 79.8 Å². The van der Waals surface area contributed by atoms with Crippen molar-refractivity contribution >= 4 is 10.0 Å². The third-order valence-corrected chi connectivity index (χ3v) is 6.76. The maximum Gasteiger partial charge on any atom is 0.240 e. The molecule has 1 heterocycles. The van der Waals surface area contributed by atoms with Crippen molar-refractivity contribution in [2.45, 2.75) is 49.0 Å². The highest BCUT2D eigenvalue weighted by Crippen LogP contribution is 2.45. The van der Waals surface area contributed by atoms with Gasteiger partial charge in [0.1, 0.15) is 11.4 Å². The van der Waals surface area contributed by atoms with E-state index in [4.69, 9.17) is 4.42 Å². The molecule has 1 atom stereocenters. The molecular formula is C19H23NO4S.